The van der Waals surface area contributed by atoms with Gasteiger partial charge in [0.05, 0.1) is 25.8 Å². The molecule has 4 rings (SSSR count). The van der Waals surface area contributed by atoms with Gasteiger partial charge in [0.1, 0.15) is 11.5 Å². The highest BCUT2D eigenvalue weighted by atomic mass is 16.7. The maximum atomic E-state index is 6.14. The Morgan fingerprint density at radius 3 is 2.53 bits per heavy atom. The Bertz CT molecular complexity index is 1070. The highest BCUT2D eigenvalue weighted by Gasteiger charge is 2.16. The molecule has 1 aromatic carbocycles. The lowest BCUT2D eigenvalue weighted by Gasteiger charge is -2.18. The van der Waals surface area contributed by atoms with E-state index >= 15 is 0 Å². The van der Waals surface area contributed by atoms with Gasteiger partial charge in [0.25, 0.3) is 0 Å². The number of methoxy groups -OCH3 is 3. The van der Waals surface area contributed by atoms with Crippen LogP contribution in [0.5, 0.6) is 11.5 Å². The zero-order chi connectivity index (χ0) is 23.9. The summed E-state index contributed by atoms with van der Waals surface area (Å²) in [6.07, 6.45) is 3.20. The van der Waals surface area contributed by atoms with E-state index in [1.165, 1.54) is 25.9 Å². The molecular weight excluding hydrogens is 434 g/mol. The van der Waals surface area contributed by atoms with E-state index in [1.807, 2.05) is 37.3 Å². The molecule has 0 amide bonds. The average molecular weight is 470 g/mol. The zero-order valence-electron chi connectivity index (χ0n) is 20.6. The summed E-state index contributed by atoms with van der Waals surface area (Å²) in [4.78, 5) is 7.37. The lowest BCUT2D eigenvalue weighted by atomic mass is 10.1. The standard InChI is InChI=1S/C26H35N3O5/c1-18-8-9-23(34-18)22-15-20(27-17-26(31-3)32-4)19-14-24(30-2)25(16-21(19)28-22)33-13-7-12-29-10-5-6-11-29/h8-9,14-16,26H,5-7,10-13,17H2,1-4H3,(H,27,28). The molecule has 34 heavy (non-hydrogen) atoms. The lowest BCUT2D eigenvalue weighted by molar-refractivity contribution is -0.0913. The van der Waals surface area contributed by atoms with Crippen LogP contribution >= 0.6 is 0 Å². The summed E-state index contributed by atoms with van der Waals surface area (Å²) in [5, 5.41) is 4.34. The molecule has 0 bridgehead atoms. The lowest BCUT2D eigenvalue weighted by Crippen LogP contribution is -2.23. The Morgan fingerprint density at radius 2 is 1.85 bits per heavy atom. The van der Waals surface area contributed by atoms with Gasteiger partial charge in [-0.05, 0) is 63.5 Å². The molecule has 1 aliphatic rings. The number of ether oxygens (including phenoxy) is 4. The minimum absolute atomic E-state index is 0.377. The zero-order valence-corrected chi connectivity index (χ0v) is 20.6. The Morgan fingerprint density at radius 1 is 1.06 bits per heavy atom. The highest BCUT2D eigenvalue weighted by Crippen LogP contribution is 2.37. The van der Waals surface area contributed by atoms with E-state index in [0.717, 1.165) is 41.0 Å². The van der Waals surface area contributed by atoms with Crippen molar-refractivity contribution in [3.05, 3.63) is 36.1 Å². The molecule has 8 heteroatoms. The first-order valence-electron chi connectivity index (χ1n) is 11.9. The van der Waals surface area contributed by atoms with Crippen molar-refractivity contribution in [2.24, 2.45) is 0 Å². The van der Waals surface area contributed by atoms with Crippen molar-refractivity contribution in [1.29, 1.82) is 0 Å². The second-order valence-corrected chi connectivity index (χ2v) is 8.52. The number of nitrogens with one attached hydrogen (secondary N) is 1. The Balaban J connectivity index is 1.62. The number of hydrogen-bond acceptors (Lipinski definition) is 8. The summed E-state index contributed by atoms with van der Waals surface area (Å²) in [5.74, 6) is 2.91. The van der Waals surface area contributed by atoms with E-state index in [4.69, 9.17) is 28.3 Å². The quantitative estimate of drug-likeness (QED) is 0.302. The number of nitrogens with zero attached hydrogens (tertiary/aromatic N) is 2. The number of benzene rings is 1. The number of hydrogen-bond donors (Lipinski definition) is 1. The molecule has 1 aliphatic heterocycles. The molecule has 0 saturated carbocycles. The van der Waals surface area contributed by atoms with Crippen LogP contribution in [0.1, 0.15) is 25.0 Å². The van der Waals surface area contributed by atoms with Gasteiger partial charge in [-0.25, -0.2) is 4.98 Å². The van der Waals surface area contributed by atoms with Crippen molar-refractivity contribution in [3.63, 3.8) is 0 Å². The highest BCUT2D eigenvalue weighted by molar-refractivity contribution is 5.95. The third-order valence-corrected chi connectivity index (χ3v) is 6.15. The summed E-state index contributed by atoms with van der Waals surface area (Å²) < 4.78 is 28.3. The van der Waals surface area contributed by atoms with Crippen molar-refractivity contribution in [3.8, 4) is 23.0 Å². The monoisotopic (exact) mass is 469 g/mol. The second kappa shape index (κ2) is 11.6. The van der Waals surface area contributed by atoms with Crippen LogP contribution in [0, 0.1) is 6.92 Å². The first-order chi connectivity index (χ1) is 16.6. The molecule has 2 aromatic heterocycles. The van der Waals surface area contributed by atoms with Crippen LogP contribution < -0.4 is 14.8 Å². The first kappa shape index (κ1) is 24.3. The minimum atomic E-state index is -0.377. The van der Waals surface area contributed by atoms with Gasteiger partial charge in [-0.3, -0.25) is 0 Å². The molecule has 3 heterocycles. The van der Waals surface area contributed by atoms with Crippen molar-refractivity contribution >= 4 is 16.6 Å². The maximum Gasteiger partial charge on any atom is 0.173 e. The van der Waals surface area contributed by atoms with Crippen LogP contribution in [-0.4, -0.2) is 70.3 Å². The summed E-state index contributed by atoms with van der Waals surface area (Å²) in [7, 11) is 4.90. The molecule has 0 atom stereocenters. The van der Waals surface area contributed by atoms with Crippen molar-refractivity contribution in [2.75, 3.05) is 59.4 Å². The van der Waals surface area contributed by atoms with Crippen LogP contribution in [0.2, 0.25) is 0 Å². The Kier molecular flexibility index (Phi) is 8.26. The van der Waals surface area contributed by atoms with Gasteiger partial charge >= 0.3 is 0 Å². The predicted octanol–water partition coefficient (Wildman–Crippen LogP) is 4.71. The number of furan rings is 1. The summed E-state index contributed by atoms with van der Waals surface area (Å²) in [6.45, 7) is 6.47. The van der Waals surface area contributed by atoms with Crippen LogP contribution in [-0.2, 0) is 9.47 Å². The number of anilines is 1. The molecule has 1 fully saturated rings. The van der Waals surface area contributed by atoms with Gasteiger partial charge < -0.3 is 33.6 Å². The van der Waals surface area contributed by atoms with E-state index in [0.29, 0.717) is 30.4 Å². The normalized spacial score (nSPS) is 14.3. The molecule has 0 spiro atoms. The van der Waals surface area contributed by atoms with Gasteiger partial charge in [-0.2, -0.15) is 0 Å². The largest absolute Gasteiger partial charge is 0.493 e. The van der Waals surface area contributed by atoms with Gasteiger partial charge in [0.15, 0.2) is 23.5 Å². The number of fused-ring (bicyclic) bond motifs is 1. The van der Waals surface area contributed by atoms with E-state index in [1.54, 1.807) is 21.3 Å². The van der Waals surface area contributed by atoms with Gasteiger partial charge in [0, 0.05) is 37.9 Å². The fraction of sp³-hybridized carbons (Fsp3) is 0.500. The van der Waals surface area contributed by atoms with E-state index in [9.17, 15) is 0 Å². The molecule has 0 radical (unpaired) electrons. The minimum Gasteiger partial charge on any atom is -0.493 e. The average Bonchev–Trinajstić information content (AvgIpc) is 3.53. The summed E-state index contributed by atoms with van der Waals surface area (Å²) in [5.41, 5.74) is 2.41. The van der Waals surface area contributed by atoms with Crippen LogP contribution in [0.3, 0.4) is 0 Å². The van der Waals surface area contributed by atoms with Gasteiger partial charge in [-0.1, -0.05) is 0 Å². The smallest absolute Gasteiger partial charge is 0.173 e. The second-order valence-electron chi connectivity index (χ2n) is 8.52. The van der Waals surface area contributed by atoms with Gasteiger partial charge in [0.2, 0.25) is 0 Å². The van der Waals surface area contributed by atoms with Crippen molar-refractivity contribution in [1.82, 2.24) is 9.88 Å². The van der Waals surface area contributed by atoms with Crippen LogP contribution in [0.15, 0.2) is 34.7 Å². The molecule has 0 aliphatic carbocycles. The predicted molar refractivity (Wildman–Crippen MR) is 133 cm³/mol. The number of pyridine rings is 1. The van der Waals surface area contributed by atoms with Crippen molar-refractivity contribution < 1.29 is 23.4 Å². The van der Waals surface area contributed by atoms with Crippen LogP contribution in [0.4, 0.5) is 5.69 Å². The van der Waals surface area contributed by atoms with Crippen LogP contribution in [0.25, 0.3) is 22.4 Å². The molecule has 1 saturated heterocycles. The molecule has 8 nitrogen and oxygen atoms in total. The topological polar surface area (TPSA) is 78.2 Å². The number of likely N-dealkylation sites (tertiary alicyclic amines) is 1. The molecule has 1 N–H and O–H groups in total. The number of aromatic nitrogens is 1. The van der Waals surface area contributed by atoms with E-state index < -0.39 is 0 Å². The van der Waals surface area contributed by atoms with E-state index in [-0.39, 0.29) is 6.29 Å². The Labute approximate surface area is 201 Å². The number of aryl methyl sites for hydroxylation is 1. The van der Waals surface area contributed by atoms with Crippen molar-refractivity contribution in [2.45, 2.75) is 32.5 Å². The fourth-order valence-corrected chi connectivity index (χ4v) is 4.28. The fourth-order valence-electron chi connectivity index (χ4n) is 4.28. The Hall–Kier alpha value is -2.81. The molecule has 3 aromatic rings. The molecular formula is C26H35N3O5. The summed E-state index contributed by atoms with van der Waals surface area (Å²) >= 11 is 0. The summed E-state index contributed by atoms with van der Waals surface area (Å²) in [6, 6.07) is 9.74. The third kappa shape index (κ3) is 5.81. The van der Waals surface area contributed by atoms with Gasteiger partial charge in [-0.15, -0.1) is 0 Å². The molecule has 0 unspecified atom stereocenters. The first-order valence-corrected chi connectivity index (χ1v) is 11.9. The number of rotatable bonds is 12. The van der Waals surface area contributed by atoms with E-state index in [2.05, 4.69) is 10.2 Å². The SMILES string of the molecule is COc1cc2c(NCC(OC)OC)cc(-c3ccc(C)o3)nc2cc1OCCCN1CCCC1. The maximum absolute atomic E-state index is 6.14. The molecule has 184 valence electrons. The third-order valence-electron chi connectivity index (χ3n) is 6.15.